The van der Waals surface area contributed by atoms with Gasteiger partial charge in [0, 0.05) is 17.1 Å². The first-order valence-electron chi connectivity index (χ1n) is 5.61. The van der Waals surface area contributed by atoms with E-state index in [2.05, 4.69) is 31.9 Å². The second kappa shape index (κ2) is 6.34. The summed E-state index contributed by atoms with van der Waals surface area (Å²) in [6, 6.07) is 9.98. The van der Waals surface area contributed by atoms with Crippen LogP contribution in [0.4, 0.5) is 5.69 Å². The lowest BCUT2D eigenvalue weighted by Gasteiger charge is -2.09. The monoisotopic (exact) mass is 400 g/mol. The van der Waals surface area contributed by atoms with Crippen LogP contribution in [0.3, 0.4) is 0 Å². The maximum absolute atomic E-state index is 11.0. The van der Waals surface area contributed by atoms with Gasteiger partial charge in [-0.25, -0.2) is 0 Å². The average molecular weight is 402 g/mol. The van der Waals surface area contributed by atoms with Crippen molar-refractivity contribution in [1.82, 2.24) is 0 Å². The molecule has 0 aliphatic rings. The molecule has 0 bridgehead atoms. The Bertz CT molecular complexity index is 662. The summed E-state index contributed by atoms with van der Waals surface area (Å²) in [6.07, 6.45) is 0. The molecule has 0 amide bonds. The van der Waals surface area contributed by atoms with Crippen LogP contribution < -0.4 is 10.5 Å². The first-order chi connectivity index (χ1) is 9.51. The van der Waals surface area contributed by atoms with Crippen LogP contribution >= 0.6 is 31.9 Å². The number of nitrogens with zero attached hydrogens (tertiary/aromatic N) is 1. The van der Waals surface area contributed by atoms with Crippen LogP contribution in [-0.2, 0) is 6.54 Å². The summed E-state index contributed by atoms with van der Waals surface area (Å²) in [4.78, 5) is 10.5. The standard InChI is InChI=1S/C13H10Br2N2O3/c14-9-2-4-13(11(6-9)17(18)19)20-12-3-1-8(7-16)5-10(12)15/h1-6H,7,16H2. The second-order valence-corrected chi connectivity index (χ2v) is 5.71. The fourth-order valence-corrected chi connectivity index (χ4v) is 2.45. The molecule has 0 aromatic heterocycles. The molecule has 0 saturated carbocycles. The number of hydrogen-bond acceptors (Lipinski definition) is 4. The predicted molar refractivity (Wildman–Crippen MR) is 82.9 cm³/mol. The molecule has 0 unspecified atom stereocenters. The van der Waals surface area contributed by atoms with Crippen LogP contribution in [0.1, 0.15) is 5.56 Å². The number of nitro benzene ring substituents is 1. The van der Waals surface area contributed by atoms with E-state index in [-0.39, 0.29) is 11.4 Å². The van der Waals surface area contributed by atoms with Crippen LogP contribution in [0.5, 0.6) is 11.5 Å². The molecule has 5 nitrogen and oxygen atoms in total. The van der Waals surface area contributed by atoms with Gasteiger partial charge in [0.2, 0.25) is 5.75 Å². The normalized spacial score (nSPS) is 10.3. The summed E-state index contributed by atoms with van der Waals surface area (Å²) in [5, 5.41) is 11.0. The predicted octanol–water partition coefficient (Wildman–Crippen LogP) is 4.37. The lowest BCUT2D eigenvalue weighted by molar-refractivity contribution is -0.385. The first kappa shape index (κ1) is 15.0. The number of rotatable bonds is 4. The third-order valence-corrected chi connectivity index (χ3v) is 3.68. The minimum absolute atomic E-state index is 0.103. The van der Waals surface area contributed by atoms with Gasteiger partial charge in [-0.05, 0) is 45.8 Å². The molecule has 2 aromatic carbocycles. The van der Waals surface area contributed by atoms with E-state index in [1.54, 1.807) is 18.2 Å². The fourth-order valence-electron chi connectivity index (χ4n) is 1.59. The quantitative estimate of drug-likeness (QED) is 0.609. The molecular weight excluding hydrogens is 392 g/mol. The summed E-state index contributed by atoms with van der Waals surface area (Å²) >= 11 is 6.56. The number of ether oxygens (including phenoxy) is 1. The van der Waals surface area contributed by atoms with E-state index in [0.29, 0.717) is 21.2 Å². The zero-order chi connectivity index (χ0) is 14.7. The Morgan fingerprint density at radius 3 is 2.45 bits per heavy atom. The second-order valence-electron chi connectivity index (χ2n) is 3.94. The summed E-state index contributed by atoms with van der Waals surface area (Å²) in [5.41, 5.74) is 6.38. The van der Waals surface area contributed by atoms with Gasteiger partial charge in [-0.1, -0.05) is 22.0 Å². The molecule has 0 radical (unpaired) electrons. The van der Waals surface area contributed by atoms with E-state index in [9.17, 15) is 10.1 Å². The lowest BCUT2D eigenvalue weighted by Crippen LogP contribution is -1.97. The van der Waals surface area contributed by atoms with E-state index in [4.69, 9.17) is 10.5 Å². The topological polar surface area (TPSA) is 78.4 Å². The van der Waals surface area contributed by atoms with Gasteiger partial charge in [-0.2, -0.15) is 0 Å². The highest BCUT2D eigenvalue weighted by molar-refractivity contribution is 9.10. The molecule has 0 heterocycles. The Kier molecular flexibility index (Phi) is 4.74. The van der Waals surface area contributed by atoms with Gasteiger partial charge in [-0.15, -0.1) is 0 Å². The highest BCUT2D eigenvalue weighted by atomic mass is 79.9. The first-order valence-corrected chi connectivity index (χ1v) is 7.20. The van der Waals surface area contributed by atoms with Gasteiger partial charge in [0.15, 0.2) is 0 Å². The van der Waals surface area contributed by atoms with Gasteiger partial charge in [0.05, 0.1) is 9.40 Å². The summed E-state index contributed by atoms with van der Waals surface area (Å²) in [5.74, 6) is 0.673. The Hall–Kier alpha value is -1.44. The van der Waals surface area contributed by atoms with Gasteiger partial charge in [0.25, 0.3) is 0 Å². The van der Waals surface area contributed by atoms with E-state index in [1.807, 2.05) is 12.1 Å². The number of nitro groups is 1. The molecule has 0 spiro atoms. The van der Waals surface area contributed by atoms with Crippen molar-refractivity contribution in [2.45, 2.75) is 6.54 Å². The summed E-state index contributed by atoms with van der Waals surface area (Å²) in [7, 11) is 0. The third-order valence-electron chi connectivity index (χ3n) is 2.57. The molecule has 104 valence electrons. The van der Waals surface area contributed by atoms with Crippen molar-refractivity contribution in [2.24, 2.45) is 5.73 Å². The van der Waals surface area contributed by atoms with E-state index in [1.165, 1.54) is 6.07 Å². The van der Waals surface area contributed by atoms with Crippen molar-refractivity contribution in [3.8, 4) is 11.5 Å². The highest BCUT2D eigenvalue weighted by Gasteiger charge is 2.17. The van der Waals surface area contributed by atoms with Crippen molar-refractivity contribution < 1.29 is 9.66 Å². The van der Waals surface area contributed by atoms with Gasteiger partial charge < -0.3 is 10.5 Å². The third kappa shape index (κ3) is 3.36. The summed E-state index contributed by atoms with van der Waals surface area (Å²) in [6.45, 7) is 0.414. The van der Waals surface area contributed by atoms with Gasteiger partial charge in [0.1, 0.15) is 5.75 Å². The maximum atomic E-state index is 11.0. The lowest BCUT2D eigenvalue weighted by atomic mass is 10.2. The fraction of sp³-hybridized carbons (Fsp3) is 0.0769. The van der Waals surface area contributed by atoms with E-state index in [0.717, 1.165) is 5.56 Å². The van der Waals surface area contributed by atoms with Crippen LogP contribution in [0.2, 0.25) is 0 Å². The molecule has 2 aromatic rings. The van der Waals surface area contributed by atoms with Gasteiger partial charge in [-0.3, -0.25) is 10.1 Å². The largest absolute Gasteiger partial charge is 0.449 e. The Morgan fingerprint density at radius 2 is 1.85 bits per heavy atom. The van der Waals surface area contributed by atoms with Gasteiger partial charge >= 0.3 is 5.69 Å². The molecule has 0 aliphatic heterocycles. The molecule has 0 saturated heterocycles. The number of hydrogen-bond donors (Lipinski definition) is 1. The molecule has 0 fully saturated rings. The molecule has 7 heteroatoms. The SMILES string of the molecule is NCc1ccc(Oc2ccc(Br)cc2[N+](=O)[O-])c(Br)c1. The van der Waals surface area contributed by atoms with E-state index < -0.39 is 4.92 Å². The van der Waals surface area contributed by atoms with Crippen molar-refractivity contribution in [3.05, 3.63) is 61.0 Å². The molecule has 0 aliphatic carbocycles. The van der Waals surface area contributed by atoms with Crippen LogP contribution in [0, 0.1) is 10.1 Å². The van der Waals surface area contributed by atoms with Crippen LogP contribution in [0.15, 0.2) is 45.3 Å². The highest BCUT2D eigenvalue weighted by Crippen LogP contribution is 2.36. The zero-order valence-electron chi connectivity index (χ0n) is 10.2. The minimum Gasteiger partial charge on any atom is -0.449 e. The average Bonchev–Trinajstić information content (AvgIpc) is 2.42. The zero-order valence-corrected chi connectivity index (χ0v) is 13.3. The van der Waals surface area contributed by atoms with Crippen LogP contribution in [0.25, 0.3) is 0 Å². The van der Waals surface area contributed by atoms with Crippen molar-refractivity contribution in [3.63, 3.8) is 0 Å². The molecule has 2 N–H and O–H groups in total. The Labute approximate surface area is 132 Å². The smallest absolute Gasteiger partial charge is 0.312 e. The molecular formula is C13H10Br2N2O3. The minimum atomic E-state index is -0.484. The molecule has 0 atom stereocenters. The maximum Gasteiger partial charge on any atom is 0.312 e. The van der Waals surface area contributed by atoms with Crippen molar-refractivity contribution in [2.75, 3.05) is 0 Å². The number of benzene rings is 2. The molecule has 2 rings (SSSR count). The number of nitrogens with two attached hydrogens (primary N) is 1. The van der Waals surface area contributed by atoms with E-state index >= 15 is 0 Å². The summed E-state index contributed by atoms with van der Waals surface area (Å²) < 4.78 is 6.92. The van der Waals surface area contributed by atoms with Crippen LogP contribution in [-0.4, -0.2) is 4.92 Å². The number of halogens is 2. The Balaban J connectivity index is 2.37. The molecule has 20 heavy (non-hydrogen) atoms. The Morgan fingerprint density at radius 1 is 1.15 bits per heavy atom. The van der Waals surface area contributed by atoms with Crippen molar-refractivity contribution >= 4 is 37.5 Å². The van der Waals surface area contributed by atoms with Crippen molar-refractivity contribution in [1.29, 1.82) is 0 Å².